The maximum atomic E-state index is 6.20. The first-order valence-corrected chi connectivity index (χ1v) is 5.87. The van der Waals surface area contributed by atoms with Gasteiger partial charge in [-0.05, 0) is 30.6 Å². The minimum atomic E-state index is -0.479. The first-order valence-electron chi connectivity index (χ1n) is 5.87. The van der Waals surface area contributed by atoms with Crippen molar-refractivity contribution in [2.45, 2.75) is 59.5 Å². The van der Waals surface area contributed by atoms with E-state index in [1.54, 1.807) is 0 Å². The van der Waals surface area contributed by atoms with Crippen molar-refractivity contribution in [3.05, 3.63) is 0 Å². The van der Waals surface area contributed by atoms with Gasteiger partial charge in [-0.15, -0.1) is 0 Å². The summed E-state index contributed by atoms with van der Waals surface area (Å²) in [6.07, 6.45) is 3.13. The monoisotopic (exact) mass is 200 g/mol. The smallest absolute Gasteiger partial charge is 0.0668 e. The predicted molar refractivity (Wildman–Crippen MR) is 63.8 cm³/mol. The Morgan fingerprint density at radius 1 is 1.00 bits per heavy atom. The van der Waals surface area contributed by atoms with E-state index < -0.39 is 5.66 Å². The third-order valence-electron chi connectivity index (χ3n) is 2.77. The molecule has 2 heteroatoms. The first kappa shape index (κ1) is 13.9. The standard InChI is InChI=1S/C12H28N2/c1-6-11(7-9(2)3)12(13,14)8-10(4)5/h9-11H,6-8,13-14H2,1-5H3. The van der Waals surface area contributed by atoms with Crippen LogP contribution in [0.5, 0.6) is 0 Å². The second kappa shape index (κ2) is 5.72. The molecule has 0 saturated heterocycles. The average molecular weight is 200 g/mol. The summed E-state index contributed by atoms with van der Waals surface area (Å²) < 4.78 is 0. The van der Waals surface area contributed by atoms with Crippen molar-refractivity contribution < 1.29 is 0 Å². The normalized spacial score (nSPS) is 15.2. The lowest BCUT2D eigenvalue weighted by atomic mass is 9.80. The van der Waals surface area contributed by atoms with E-state index in [0.29, 0.717) is 17.8 Å². The van der Waals surface area contributed by atoms with Gasteiger partial charge in [-0.3, -0.25) is 0 Å². The molecule has 2 nitrogen and oxygen atoms in total. The van der Waals surface area contributed by atoms with Crippen molar-refractivity contribution in [1.29, 1.82) is 0 Å². The SMILES string of the molecule is CCC(CC(C)C)C(N)(N)CC(C)C. The molecule has 86 valence electrons. The van der Waals surface area contributed by atoms with Crippen LogP contribution < -0.4 is 11.5 Å². The van der Waals surface area contributed by atoms with Gasteiger partial charge < -0.3 is 11.5 Å². The second-order valence-electron chi connectivity index (χ2n) is 5.45. The molecule has 4 N–H and O–H groups in total. The highest BCUT2D eigenvalue weighted by atomic mass is 15.0. The summed E-state index contributed by atoms with van der Waals surface area (Å²) in [5.74, 6) is 1.70. The van der Waals surface area contributed by atoms with Gasteiger partial charge in [0, 0.05) is 0 Å². The molecular formula is C12H28N2. The van der Waals surface area contributed by atoms with E-state index in [2.05, 4.69) is 34.6 Å². The molecule has 0 aromatic heterocycles. The Morgan fingerprint density at radius 3 is 1.79 bits per heavy atom. The Morgan fingerprint density at radius 2 is 1.50 bits per heavy atom. The van der Waals surface area contributed by atoms with E-state index in [0.717, 1.165) is 19.3 Å². The zero-order valence-corrected chi connectivity index (χ0v) is 10.5. The number of nitrogens with two attached hydrogens (primary N) is 2. The summed E-state index contributed by atoms with van der Waals surface area (Å²) in [5, 5.41) is 0. The minimum Gasteiger partial charge on any atom is -0.313 e. The first-order chi connectivity index (χ1) is 6.29. The lowest BCUT2D eigenvalue weighted by Crippen LogP contribution is -2.56. The molecule has 0 bridgehead atoms. The molecule has 0 saturated carbocycles. The van der Waals surface area contributed by atoms with Crippen LogP contribution in [0.15, 0.2) is 0 Å². The summed E-state index contributed by atoms with van der Waals surface area (Å²) in [5.41, 5.74) is 11.9. The average Bonchev–Trinajstić information content (AvgIpc) is 1.96. The molecule has 0 aliphatic carbocycles. The van der Waals surface area contributed by atoms with Crippen LogP contribution in [0, 0.1) is 17.8 Å². The zero-order valence-electron chi connectivity index (χ0n) is 10.5. The fourth-order valence-electron chi connectivity index (χ4n) is 2.21. The van der Waals surface area contributed by atoms with Crippen LogP contribution in [0.1, 0.15) is 53.9 Å². The Kier molecular flexibility index (Phi) is 5.68. The number of hydrogen-bond acceptors (Lipinski definition) is 2. The molecule has 1 unspecified atom stereocenters. The Bertz CT molecular complexity index is 150. The Hall–Kier alpha value is -0.0800. The lowest BCUT2D eigenvalue weighted by molar-refractivity contribution is 0.197. The van der Waals surface area contributed by atoms with Gasteiger partial charge in [0.2, 0.25) is 0 Å². The summed E-state index contributed by atoms with van der Waals surface area (Å²) in [6.45, 7) is 11.0. The fourth-order valence-corrected chi connectivity index (χ4v) is 2.21. The van der Waals surface area contributed by atoms with E-state index in [1.165, 1.54) is 0 Å². The largest absolute Gasteiger partial charge is 0.313 e. The molecule has 0 spiro atoms. The van der Waals surface area contributed by atoms with E-state index in [1.807, 2.05) is 0 Å². The topological polar surface area (TPSA) is 52.0 Å². The molecule has 0 aromatic rings. The maximum absolute atomic E-state index is 6.20. The van der Waals surface area contributed by atoms with Gasteiger partial charge in [0.25, 0.3) is 0 Å². The highest BCUT2D eigenvalue weighted by molar-refractivity contribution is 4.86. The minimum absolute atomic E-state index is 0.449. The van der Waals surface area contributed by atoms with Crippen LogP contribution in [0.3, 0.4) is 0 Å². The molecular weight excluding hydrogens is 172 g/mol. The van der Waals surface area contributed by atoms with Crippen LogP contribution >= 0.6 is 0 Å². The zero-order chi connectivity index (χ0) is 11.4. The van der Waals surface area contributed by atoms with Crippen molar-refractivity contribution in [3.63, 3.8) is 0 Å². The Labute approximate surface area is 89.4 Å². The molecule has 1 atom stereocenters. The van der Waals surface area contributed by atoms with Gasteiger partial charge in [0.15, 0.2) is 0 Å². The van der Waals surface area contributed by atoms with Gasteiger partial charge >= 0.3 is 0 Å². The molecule has 14 heavy (non-hydrogen) atoms. The highest BCUT2D eigenvalue weighted by Crippen LogP contribution is 2.26. The van der Waals surface area contributed by atoms with Crippen LogP contribution in [0.4, 0.5) is 0 Å². The van der Waals surface area contributed by atoms with Crippen molar-refractivity contribution in [1.82, 2.24) is 0 Å². The van der Waals surface area contributed by atoms with Gasteiger partial charge in [-0.1, -0.05) is 41.0 Å². The van der Waals surface area contributed by atoms with Crippen molar-refractivity contribution >= 4 is 0 Å². The lowest BCUT2D eigenvalue weighted by Gasteiger charge is -2.36. The molecule has 0 fully saturated rings. The molecule has 0 radical (unpaired) electrons. The quantitative estimate of drug-likeness (QED) is 0.648. The summed E-state index contributed by atoms with van der Waals surface area (Å²) in [7, 11) is 0. The van der Waals surface area contributed by atoms with Crippen molar-refractivity contribution in [2.75, 3.05) is 0 Å². The van der Waals surface area contributed by atoms with Gasteiger partial charge in [0.1, 0.15) is 0 Å². The van der Waals surface area contributed by atoms with E-state index >= 15 is 0 Å². The predicted octanol–water partition coefficient (Wildman–Crippen LogP) is 2.72. The Balaban J connectivity index is 4.32. The highest BCUT2D eigenvalue weighted by Gasteiger charge is 2.30. The van der Waals surface area contributed by atoms with Crippen molar-refractivity contribution in [2.24, 2.45) is 29.2 Å². The third kappa shape index (κ3) is 4.97. The van der Waals surface area contributed by atoms with Crippen LogP contribution in [-0.2, 0) is 0 Å². The van der Waals surface area contributed by atoms with Gasteiger partial charge in [0.05, 0.1) is 5.66 Å². The summed E-state index contributed by atoms with van der Waals surface area (Å²) >= 11 is 0. The molecule has 0 aliphatic rings. The molecule has 0 rings (SSSR count). The third-order valence-corrected chi connectivity index (χ3v) is 2.77. The van der Waals surface area contributed by atoms with Crippen LogP contribution in [0.2, 0.25) is 0 Å². The summed E-state index contributed by atoms with van der Waals surface area (Å²) in [6, 6.07) is 0. The van der Waals surface area contributed by atoms with E-state index in [-0.39, 0.29) is 0 Å². The van der Waals surface area contributed by atoms with Crippen LogP contribution in [-0.4, -0.2) is 5.66 Å². The number of hydrogen-bond donors (Lipinski definition) is 2. The van der Waals surface area contributed by atoms with Crippen LogP contribution in [0.25, 0.3) is 0 Å². The molecule has 0 aromatic carbocycles. The second-order valence-corrected chi connectivity index (χ2v) is 5.45. The summed E-state index contributed by atoms with van der Waals surface area (Å²) in [4.78, 5) is 0. The molecule has 0 amide bonds. The van der Waals surface area contributed by atoms with Crippen molar-refractivity contribution in [3.8, 4) is 0 Å². The van der Waals surface area contributed by atoms with E-state index in [4.69, 9.17) is 11.5 Å². The molecule has 0 heterocycles. The molecule has 0 aliphatic heterocycles. The number of rotatable bonds is 6. The van der Waals surface area contributed by atoms with Gasteiger partial charge in [-0.25, -0.2) is 0 Å². The maximum Gasteiger partial charge on any atom is 0.0668 e. The van der Waals surface area contributed by atoms with Gasteiger partial charge in [-0.2, -0.15) is 0 Å². The van der Waals surface area contributed by atoms with E-state index in [9.17, 15) is 0 Å². The fraction of sp³-hybridized carbons (Fsp3) is 1.00.